The summed E-state index contributed by atoms with van der Waals surface area (Å²) in [5.41, 5.74) is -3.71. The van der Waals surface area contributed by atoms with Crippen molar-refractivity contribution in [3.05, 3.63) is 34.9 Å². The summed E-state index contributed by atoms with van der Waals surface area (Å²) in [7, 11) is 1.85. The summed E-state index contributed by atoms with van der Waals surface area (Å²) >= 11 is 0. The molecule has 0 radical (unpaired) electrons. The highest BCUT2D eigenvalue weighted by Gasteiger charge is 2.37. The number of alkyl halides is 6. The molecule has 0 saturated heterocycles. The molecule has 0 heterocycles. The van der Waals surface area contributed by atoms with Crippen molar-refractivity contribution in [1.82, 2.24) is 15.5 Å². The Kier molecular flexibility index (Phi) is 9.29. The van der Waals surface area contributed by atoms with Crippen LogP contribution in [0.3, 0.4) is 0 Å². The van der Waals surface area contributed by atoms with E-state index in [4.69, 9.17) is 0 Å². The molecule has 2 N–H and O–H groups in total. The molecule has 36 heavy (non-hydrogen) atoms. The monoisotopic (exact) mass is 521 g/mol. The van der Waals surface area contributed by atoms with Crippen LogP contribution in [-0.2, 0) is 17.1 Å². The van der Waals surface area contributed by atoms with Crippen molar-refractivity contribution in [2.75, 3.05) is 20.1 Å². The fourth-order valence-corrected chi connectivity index (χ4v) is 5.02. The number of amides is 2. The molecule has 0 bridgehead atoms. The van der Waals surface area contributed by atoms with Crippen LogP contribution in [-0.4, -0.2) is 48.9 Å². The summed E-state index contributed by atoms with van der Waals surface area (Å²) in [6.07, 6.45) is -1.44. The zero-order valence-corrected chi connectivity index (χ0v) is 20.3. The van der Waals surface area contributed by atoms with Crippen LogP contribution < -0.4 is 10.6 Å². The van der Waals surface area contributed by atoms with Crippen LogP contribution in [0, 0.1) is 5.92 Å². The van der Waals surface area contributed by atoms with E-state index in [9.17, 15) is 35.9 Å². The van der Waals surface area contributed by atoms with E-state index in [2.05, 4.69) is 10.6 Å². The van der Waals surface area contributed by atoms with Gasteiger partial charge in [0.2, 0.25) is 5.91 Å². The minimum absolute atomic E-state index is 0.00270. The number of benzene rings is 1. The summed E-state index contributed by atoms with van der Waals surface area (Å²) in [4.78, 5) is 26.7. The van der Waals surface area contributed by atoms with E-state index in [0.29, 0.717) is 18.2 Å². The second kappa shape index (κ2) is 11.8. The first-order chi connectivity index (χ1) is 16.8. The predicted octanol–water partition coefficient (Wildman–Crippen LogP) is 5.39. The molecule has 3 rings (SSSR count). The van der Waals surface area contributed by atoms with Crippen molar-refractivity contribution in [3.63, 3.8) is 0 Å². The Morgan fingerprint density at radius 3 is 1.94 bits per heavy atom. The van der Waals surface area contributed by atoms with Gasteiger partial charge in [-0.2, -0.15) is 26.3 Å². The molecule has 2 aliphatic carbocycles. The highest BCUT2D eigenvalue weighted by Crippen LogP contribution is 2.36. The van der Waals surface area contributed by atoms with Crippen molar-refractivity contribution < 1.29 is 35.9 Å². The Morgan fingerprint density at radius 2 is 1.42 bits per heavy atom. The van der Waals surface area contributed by atoms with Crippen LogP contribution in [0.4, 0.5) is 26.3 Å². The Hall–Kier alpha value is -2.30. The van der Waals surface area contributed by atoms with Gasteiger partial charge in [0.05, 0.1) is 17.7 Å². The molecule has 0 spiro atoms. The Balaban J connectivity index is 1.45. The summed E-state index contributed by atoms with van der Waals surface area (Å²) in [6, 6.07) is 1.33. The molecule has 2 aliphatic rings. The number of nitrogens with zero attached hydrogens (tertiary/aromatic N) is 1. The minimum atomic E-state index is -5.01. The molecule has 0 aliphatic heterocycles. The molecule has 11 heteroatoms. The number of hydrogen-bond acceptors (Lipinski definition) is 3. The quantitative estimate of drug-likeness (QED) is 0.473. The zero-order chi connectivity index (χ0) is 26.5. The number of carbonyl (C=O) groups excluding carboxylic acids is 2. The van der Waals surface area contributed by atoms with Gasteiger partial charge in [-0.1, -0.05) is 19.3 Å². The molecule has 1 aromatic rings. The van der Waals surface area contributed by atoms with Crippen molar-refractivity contribution in [2.45, 2.75) is 82.2 Å². The molecule has 1 aromatic carbocycles. The number of rotatable bonds is 7. The number of halogens is 6. The lowest BCUT2D eigenvalue weighted by molar-refractivity contribution is -0.143. The van der Waals surface area contributed by atoms with E-state index in [0.717, 1.165) is 51.4 Å². The first-order valence-corrected chi connectivity index (χ1v) is 12.4. The standard InChI is InChI=1S/C25H33F6N3O2/c1-34(21-5-3-2-4-6-21)22(35)15-32-20-9-7-16(8-10-20)14-33-23(36)17-11-18(24(26,27)28)13-19(12-17)25(29,30)31/h11-13,16,20-21,32H,2-10,14-15H2,1H3,(H,33,36)/t16-,20+. The number of carbonyl (C=O) groups is 2. The van der Waals surface area contributed by atoms with E-state index in [1.54, 1.807) is 0 Å². The van der Waals surface area contributed by atoms with E-state index >= 15 is 0 Å². The maximum Gasteiger partial charge on any atom is 0.416 e. The van der Waals surface area contributed by atoms with Gasteiger partial charge in [0.15, 0.2) is 0 Å². The number of nitrogens with one attached hydrogen (secondary N) is 2. The summed E-state index contributed by atoms with van der Waals surface area (Å²) in [6.45, 7) is 0.419. The summed E-state index contributed by atoms with van der Waals surface area (Å²) in [5, 5.41) is 5.79. The maximum atomic E-state index is 13.0. The van der Waals surface area contributed by atoms with Crippen LogP contribution in [0.15, 0.2) is 18.2 Å². The van der Waals surface area contributed by atoms with Crippen LogP contribution >= 0.6 is 0 Å². The van der Waals surface area contributed by atoms with Gasteiger partial charge in [0.25, 0.3) is 5.91 Å². The topological polar surface area (TPSA) is 61.4 Å². The largest absolute Gasteiger partial charge is 0.416 e. The van der Waals surface area contributed by atoms with Gasteiger partial charge in [-0.3, -0.25) is 9.59 Å². The van der Waals surface area contributed by atoms with Crippen molar-refractivity contribution in [2.24, 2.45) is 5.92 Å². The van der Waals surface area contributed by atoms with Crippen LogP contribution in [0.5, 0.6) is 0 Å². The first-order valence-electron chi connectivity index (χ1n) is 12.4. The van der Waals surface area contributed by atoms with E-state index in [1.165, 1.54) is 6.42 Å². The van der Waals surface area contributed by atoms with Crippen LogP contribution in [0.1, 0.15) is 79.3 Å². The summed E-state index contributed by atoms with van der Waals surface area (Å²) < 4.78 is 78.2. The van der Waals surface area contributed by atoms with Gasteiger partial charge in [-0.05, 0) is 62.6 Å². The molecular formula is C25H33F6N3O2. The Bertz CT molecular complexity index is 872. The highest BCUT2D eigenvalue weighted by atomic mass is 19.4. The lowest BCUT2D eigenvalue weighted by Gasteiger charge is -2.33. The SMILES string of the molecule is CN(C(=O)CN[C@H]1CC[C@@H](CNC(=O)c2cc(C(F)(F)F)cc(C(F)(F)F)c2)CC1)C1CCCCC1. The Labute approximate surface area is 207 Å². The van der Waals surface area contributed by atoms with Crippen molar-refractivity contribution >= 4 is 11.8 Å². The third kappa shape index (κ3) is 7.85. The van der Waals surface area contributed by atoms with Gasteiger partial charge in [-0.25, -0.2) is 0 Å². The third-order valence-electron chi connectivity index (χ3n) is 7.31. The second-order valence-corrected chi connectivity index (χ2v) is 9.90. The van der Waals surface area contributed by atoms with E-state index in [1.807, 2.05) is 11.9 Å². The number of likely N-dealkylation sites (N-methyl/N-ethyl adjacent to an activating group) is 1. The van der Waals surface area contributed by atoms with Crippen molar-refractivity contribution in [1.29, 1.82) is 0 Å². The molecule has 5 nitrogen and oxygen atoms in total. The van der Waals surface area contributed by atoms with Gasteiger partial charge >= 0.3 is 12.4 Å². The highest BCUT2D eigenvalue weighted by molar-refractivity contribution is 5.94. The third-order valence-corrected chi connectivity index (χ3v) is 7.31. The molecule has 0 atom stereocenters. The molecule has 2 amide bonds. The molecule has 2 saturated carbocycles. The average molecular weight is 522 g/mol. The van der Waals surface area contributed by atoms with Crippen LogP contribution in [0.25, 0.3) is 0 Å². The summed E-state index contributed by atoms with van der Waals surface area (Å²) in [5.74, 6) is -0.848. The molecule has 0 aromatic heterocycles. The van der Waals surface area contributed by atoms with E-state index < -0.39 is 35.0 Å². The fourth-order valence-electron chi connectivity index (χ4n) is 5.02. The lowest BCUT2D eigenvalue weighted by atomic mass is 9.86. The van der Waals surface area contributed by atoms with E-state index in [-0.39, 0.29) is 37.0 Å². The molecule has 0 unspecified atom stereocenters. The smallest absolute Gasteiger partial charge is 0.352 e. The number of hydrogen-bond donors (Lipinski definition) is 2. The first kappa shape index (κ1) is 28.3. The Morgan fingerprint density at radius 1 is 0.861 bits per heavy atom. The van der Waals surface area contributed by atoms with Gasteiger partial charge < -0.3 is 15.5 Å². The normalized spacial score (nSPS) is 21.8. The minimum Gasteiger partial charge on any atom is -0.352 e. The van der Waals surface area contributed by atoms with Crippen LogP contribution in [0.2, 0.25) is 0 Å². The van der Waals surface area contributed by atoms with Gasteiger partial charge in [0, 0.05) is 31.2 Å². The van der Waals surface area contributed by atoms with Gasteiger partial charge in [0.1, 0.15) is 0 Å². The fraction of sp³-hybridized carbons (Fsp3) is 0.680. The molecule has 202 valence electrons. The van der Waals surface area contributed by atoms with Crippen molar-refractivity contribution in [3.8, 4) is 0 Å². The lowest BCUT2D eigenvalue weighted by Crippen LogP contribution is -2.46. The molecule has 2 fully saturated rings. The molecular weight excluding hydrogens is 488 g/mol. The maximum absolute atomic E-state index is 13.0. The predicted molar refractivity (Wildman–Crippen MR) is 122 cm³/mol. The average Bonchev–Trinajstić information content (AvgIpc) is 2.85. The second-order valence-electron chi connectivity index (χ2n) is 9.90. The van der Waals surface area contributed by atoms with Gasteiger partial charge in [-0.15, -0.1) is 0 Å². The zero-order valence-electron chi connectivity index (χ0n) is 20.3.